The zero-order chi connectivity index (χ0) is 20.7. The van der Waals surface area contributed by atoms with Gasteiger partial charge in [-0.15, -0.1) is 0 Å². The molecule has 1 saturated heterocycles. The molecule has 0 radical (unpaired) electrons. The van der Waals surface area contributed by atoms with Crippen LogP contribution in [0.4, 0.5) is 16.2 Å². The fraction of sp³-hybridized carbons (Fsp3) is 0.150. The van der Waals surface area contributed by atoms with Gasteiger partial charge in [-0.3, -0.25) is 9.59 Å². The summed E-state index contributed by atoms with van der Waals surface area (Å²) in [4.78, 5) is 41.3. The number of amides is 4. The van der Waals surface area contributed by atoms with Crippen LogP contribution >= 0.6 is 23.2 Å². The van der Waals surface area contributed by atoms with Gasteiger partial charge in [0.2, 0.25) is 0 Å². The molecule has 9 heteroatoms. The number of hydrogen-bond donors (Lipinski definition) is 2. The molecule has 0 spiro atoms. The van der Waals surface area contributed by atoms with Gasteiger partial charge in [-0.1, -0.05) is 41.4 Å². The minimum atomic E-state index is -0.772. The Morgan fingerprint density at radius 2 is 1.83 bits per heavy atom. The number of carbonyl (C=O) groups is 3. The first-order chi connectivity index (χ1) is 13.9. The van der Waals surface area contributed by atoms with Crippen molar-refractivity contribution in [2.45, 2.75) is 12.1 Å². The number of benzene rings is 2. The molecule has 2 unspecified atom stereocenters. The third-order valence-corrected chi connectivity index (χ3v) is 5.39. The van der Waals surface area contributed by atoms with Gasteiger partial charge >= 0.3 is 6.03 Å². The van der Waals surface area contributed by atoms with E-state index in [0.29, 0.717) is 16.4 Å². The maximum atomic E-state index is 13.1. The standard InChI is InChI=1S/C20H16Cl2N4O3/c1-25-10-13(18(27)23-15-8-7-11(21)9-14(15)22)16-17(25)19(28)26(20(29)24-16)12-5-3-2-4-6-12/h2-10,16-17H,1H3,(H,23,27)(H,24,29). The number of anilines is 2. The highest BCUT2D eigenvalue weighted by Gasteiger charge is 2.49. The fourth-order valence-corrected chi connectivity index (χ4v) is 3.95. The van der Waals surface area contributed by atoms with Crippen molar-refractivity contribution >= 4 is 52.4 Å². The second-order valence-corrected chi connectivity index (χ2v) is 7.55. The number of hydrogen-bond acceptors (Lipinski definition) is 4. The zero-order valence-corrected chi connectivity index (χ0v) is 16.7. The molecule has 2 heterocycles. The lowest BCUT2D eigenvalue weighted by atomic mass is 9.99. The second-order valence-electron chi connectivity index (χ2n) is 6.71. The molecule has 2 N–H and O–H groups in total. The summed E-state index contributed by atoms with van der Waals surface area (Å²) in [6, 6.07) is 11.3. The zero-order valence-electron chi connectivity index (χ0n) is 15.2. The van der Waals surface area contributed by atoms with E-state index in [2.05, 4.69) is 10.6 Å². The van der Waals surface area contributed by atoms with Gasteiger partial charge in [-0.2, -0.15) is 0 Å². The first-order valence-electron chi connectivity index (χ1n) is 8.76. The number of imide groups is 1. The van der Waals surface area contributed by atoms with Crippen LogP contribution in [0.25, 0.3) is 0 Å². The Labute approximate surface area is 176 Å². The van der Waals surface area contributed by atoms with Crippen LogP contribution in [0, 0.1) is 0 Å². The Hall–Kier alpha value is -3.03. The first kappa shape index (κ1) is 19.3. The van der Waals surface area contributed by atoms with E-state index in [4.69, 9.17) is 23.2 Å². The van der Waals surface area contributed by atoms with Crippen LogP contribution in [0.2, 0.25) is 10.0 Å². The van der Waals surface area contributed by atoms with Crippen LogP contribution in [-0.2, 0) is 9.59 Å². The summed E-state index contributed by atoms with van der Waals surface area (Å²) in [5.74, 6) is -0.870. The topological polar surface area (TPSA) is 81.8 Å². The van der Waals surface area contributed by atoms with Gasteiger partial charge in [0, 0.05) is 18.3 Å². The molecule has 1 fully saturated rings. The Morgan fingerprint density at radius 3 is 2.52 bits per heavy atom. The van der Waals surface area contributed by atoms with Crippen molar-refractivity contribution in [2.75, 3.05) is 17.3 Å². The Bertz CT molecular complexity index is 1040. The fourth-order valence-electron chi connectivity index (χ4n) is 3.50. The van der Waals surface area contributed by atoms with E-state index < -0.39 is 29.9 Å². The van der Waals surface area contributed by atoms with Gasteiger partial charge in [0.1, 0.15) is 6.04 Å². The molecule has 0 aliphatic carbocycles. The van der Waals surface area contributed by atoms with E-state index in [1.807, 2.05) is 0 Å². The number of para-hydroxylation sites is 1. The lowest BCUT2D eigenvalue weighted by molar-refractivity contribution is -0.122. The van der Waals surface area contributed by atoms with Crippen LogP contribution in [0.5, 0.6) is 0 Å². The molecule has 2 aliphatic rings. The van der Waals surface area contributed by atoms with E-state index in [1.54, 1.807) is 60.6 Å². The third-order valence-electron chi connectivity index (χ3n) is 4.84. The summed E-state index contributed by atoms with van der Waals surface area (Å²) in [6.07, 6.45) is 1.56. The molecular weight excluding hydrogens is 415 g/mol. The highest BCUT2D eigenvalue weighted by atomic mass is 35.5. The van der Waals surface area contributed by atoms with Gasteiger partial charge in [-0.25, -0.2) is 9.69 Å². The number of likely N-dealkylation sites (N-methyl/N-ethyl adjacent to an activating group) is 1. The van der Waals surface area contributed by atoms with Crippen molar-refractivity contribution in [3.8, 4) is 0 Å². The highest BCUT2D eigenvalue weighted by Crippen LogP contribution is 2.31. The number of nitrogens with one attached hydrogen (secondary N) is 2. The van der Waals surface area contributed by atoms with Gasteiger partial charge < -0.3 is 15.5 Å². The van der Waals surface area contributed by atoms with Crippen molar-refractivity contribution in [1.29, 1.82) is 0 Å². The van der Waals surface area contributed by atoms with E-state index in [1.165, 1.54) is 6.07 Å². The molecule has 0 bridgehead atoms. The number of urea groups is 1. The number of rotatable bonds is 3. The molecule has 2 aromatic rings. The molecule has 2 atom stereocenters. The predicted octanol–water partition coefficient (Wildman–Crippen LogP) is 3.25. The summed E-state index contributed by atoms with van der Waals surface area (Å²) in [5.41, 5.74) is 1.11. The SMILES string of the molecule is CN1C=C(C(=O)Nc2ccc(Cl)cc2Cl)C2NC(=O)N(c3ccccc3)C(=O)C21. The minimum absolute atomic E-state index is 0.262. The van der Waals surface area contributed by atoms with Crippen molar-refractivity contribution in [1.82, 2.24) is 10.2 Å². The van der Waals surface area contributed by atoms with E-state index in [9.17, 15) is 14.4 Å². The van der Waals surface area contributed by atoms with Crippen LogP contribution < -0.4 is 15.5 Å². The average molecular weight is 431 g/mol. The molecule has 0 saturated carbocycles. The second kappa shape index (κ2) is 7.42. The summed E-state index contributed by atoms with van der Waals surface area (Å²) >= 11 is 12.0. The smallest absolute Gasteiger partial charge is 0.329 e. The van der Waals surface area contributed by atoms with Crippen LogP contribution in [-0.4, -0.2) is 41.9 Å². The van der Waals surface area contributed by atoms with Crippen molar-refractivity contribution in [3.63, 3.8) is 0 Å². The lowest BCUT2D eigenvalue weighted by Crippen LogP contribution is -2.65. The van der Waals surface area contributed by atoms with Crippen molar-refractivity contribution in [3.05, 3.63) is 70.3 Å². The first-order valence-corrected chi connectivity index (χ1v) is 9.52. The maximum Gasteiger partial charge on any atom is 0.329 e. The van der Waals surface area contributed by atoms with E-state index >= 15 is 0 Å². The molecule has 2 aliphatic heterocycles. The lowest BCUT2D eigenvalue weighted by Gasteiger charge is -2.37. The van der Waals surface area contributed by atoms with Crippen LogP contribution in [0.1, 0.15) is 0 Å². The molecular formula is C20H16Cl2N4O3. The minimum Gasteiger partial charge on any atom is -0.366 e. The Kier molecular flexibility index (Phi) is 4.94. The van der Waals surface area contributed by atoms with Crippen molar-refractivity contribution < 1.29 is 14.4 Å². The Morgan fingerprint density at radius 1 is 1.10 bits per heavy atom. The van der Waals surface area contributed by atoms with Gasteiger partial charge in [0.05, 0.1) is 28.0 Å². The average Bonchev–Trinajstić information content (AvgIpc) is 3.01. The summed E-state index contributed by atoms with van der Waals surface area (Å²) in [7, 11) is 1.69. The summed E-state index contributed by atoms with van der Waals surface area (Å²) < 4.78 is 0. The van der Waals surface area contributed by atoms with E-state index in [-0.39, 0.29) is 10.6 Å². The largest absolute Gasteiger partial charge is 0.366 e. The molecule has 148 valence electrons. The third kappa shape index (κ3) is 3.43. The quantitative estimate of drug-likeness (QED) is 0.782. The molecule has 29 heavy (non-hydrogen) atoms. The molecule has 4 rings (SSSR count). The number of fused-ring (bicyclic) bond motifs is 1. The highest BCUT2D eigenvalue weighted by molar-refractivity contribution is 6.37. The maximum absolute atomic E-state index is 13.1. The number of carbonyl (C=O) groups excluding carboxylic acids is 3. The van der Waals surface area contributed by atoms with Gasteiger partial charge in [-0.05, 0) is 30.3 Å². The monoisotopic (exact) mass is 430 g/mol. The van der Waals surface area contributed by atoms with Crippen LogP contribution in [0.15, 0.2) is 60.3 Å². The van der Waals surface area contributed by atoms with E-state index in [0.717, 1.165) is 4.90 Å². The number of nitrogens with zero attached hydrogens (tertiary/aromatic N) is 2. The van der Waals surface area contributed by atoms with Gasteiger partial charge in [0.15, 0.2) is 0 Å². The molecule has 0 aromatic heterocycles. The summed E-state index contributed by atoms with van der Waals surface area (Å²) in [6.45, 7) is 0. The normalized spacial score (nSPS) is 20.9. The summed E-state index contributed by atoms with van der Waals surface area (Å²) in [5, 5.41) is 6.20. The Balaban J connectivity index is 1.58. The van der Waals surface area contributed by atoms with Gasteiger partial charge in [0.25, 0.3) is 11.8 Å². The number of halogens is 2. The molecule has 2 aromatic carbocycles. The molecule has 4 amide bonds. The molecule has 7 nitrogen and oxygen atoms in total. The van der Waals surface area contributed by atoms with Crippen molar-refractivity contribution in [2.24, 2.45) is 0 Å². The van der Waals surface area contributed by atoms with Crippen LogP contribution in [0.3, 0.4) is 0 Å². The predicted molar refractivity (Wildman–Crippen MR) is 111 cm³/mol.